The molecule has 0 saturated carbocycles. The van der Waals surface area contributed by atoms with Crippen molar-refractivity contribution in [1.82, 2.24) is 20.1 Å². The number of pyridine rings is 1. The number of hydrogen-bond donors (Lipinski definition) is 2. The highest BCUT2D eigenvalue weighted by atomic mass is 16.2. The van der Waals surface area contributed by atoms with Gasteiger partial charge in [-0.3, -0.25) is 0 Å². The number of carbonyl (C=O) groups excluding carboxylic acids is 1. The molecule has 2 heterocycles. The Labute approximate surface area is 134 Å². The van der Waals surface area contributed by atoms with E-state index in [2.05, 4.69) is 20.7 Å². The number of hydrogen-bond acceptors (Lipinski definition) is 3. The van der Waals surface area contributed by atoms with E-state index in [0.717, 1.165) is 6.42 Å². The monoisotopic (exact) mass is 307 g/mol. The van der Waals surface area contributed by atoms with Crippen LogP contribution in [0.5, 0.6) is 0 Å². The number of rotatable bonds is 5. The van der Waals surface area contributed by atoms with Crippen LogP contribution >= 0.6 is 0 Å². The largest absolute Gasteiger partial charge is 0.338 e. The highest BCUT2D eigenvalue weighted by molar-refractivity contribution is 5.89. The number of nitrogens with zero attached hydrogens (tertiary/aromatic N) is 3. The topological polar surface area (TPSA) is 71.8 Å². The smallest absolute Gasteiger partial charge is 0.319 e. The van der Waals surface area contributed by atoms with Crippen LogP contribution in [0.2, 0.25) is 0 Å². The maximum atomic E-state index is 11.8. The molecule has 0 saturated heterocycles. The van der Waals surface area contributed by atoms with Gasteiger partial charge < -0.3 is 10.6 Å². The minimum absolute atomic E-state index is 0.241. The van der Waals surface area contributed by atoms with E-state index < -0.39 is 0 Å². The van der Waals surface area contributed by atoms with E-state index in [4.69, 9.17) is 0 Å². The van der Waals surface area contributed by atoms with Crippen LogP contribution in [0.3, 0.4) is 0 Å². The summed E-state index contributed by atoms with van der Waals surface area (Å²) in [5.74, 6) is 0.699. The third-order valence-electron chi connectivity index (χ3n) is 3.29. The van der Waals surface area contributed by atoms with E-state index in [0.29, 0.717) is 18.1 Å². The predicted octanol–water partition coefficient (Wildman–Crippen LogP) is 2.63. The fraction of sp³-hybridized carbons (Fsp3) is 0.118. The maximum absolute atomic E-state index is 11.8. The summed E-state index contributed by atoms with van der Waals surface area (Å²) >= 11 is 0. The van der Waals surface area contributed by atoms with Crippen molar-refractivity contribution in [3.8, 4) is 5.82 Å². The van der Waals surface area contributed by atoms with E-state index in [1.54, 1.807) is 29.2 Å². The molecule has 23 heavy (non-hydrogen) atoms. The van der Waals surface area contributed by atoms with Crippen LogP contribution in [0, 0.1) is 0 Å². The molecule has 0 bridgehead atoms. The first-order valence-electron chi connectivity index (χ1n) is 7.36. The molecule has 0 fully saturated rings. The fourth-order valence-corrected chi connectivity index (χ4v) is 2.14. The summed E-state index contributed by atoms with van der Waals surface area (Å²) < 4.78 is 1.66. The molecule has 6 nitrogen and oxygen atoms in total. The lowest BCUT2D eigenvalue weighted by molar-refractivity contribution is 0.252. The Hall–Kier alpha value is -3.15. The van der Waals surface area contributed by atoms with Crippen LogP contribution in [0.25, 0.3) is 5.82 Å². The second-order valence-electron chi connectivity index (χ2n) is 4.97. The molecule has 6 heteroatoms. The minimum Gasteiger partial charge on any atom is -0.338 e. The highest BCUT2D eigenvalue weighted by Crippen LogP contribution is 2.08. The van der Waals surface area contributed by atoms with E-state index in [1.165, 1.54) is 5.56 Å². The second kappa shape index (κ2) is 7.22. The van der Waals surface area contributed by atoms with Crippen molar-refractivity contribution in [1.29, 1.82) is 0 Å². The Bertz CT molecular complexity index is 738. The van der Waals surface area contributed by atoms with Crippen molar-refractivity contribution in [2.24, 2.45) is 0 Å². The Morgan fingerprint density at radius 1 is 1.09 bits per heavy atom. The number of urea groups is 1. The van der Waals surface area contributed by atoms with Gasteiger partial charge >= 0.3 is 6.03 Å². The standard InChI is InChI=1S/C17H17N5O/c23-17(18-11-9-14-5-2-1-3-6-14)21-15-7-8-16(19-13-15)22-12-4-10-20-22/h1-8,10,12-13H,9,11H2,(H2,18,21,23). The number of amides is 2. The van der Waals surface area contributed by atoms with Crippen molar-refractivity contribution in [3.63, 3.8) is 0 Å². The van der Waals surface area contributed by atoms with Gasteiger partial charge in [-0.2, -0.15) is 5.10 Å². The van der Waals surface area contributed by atoms with Crippen LogP contribution in [-0.4, -0.2) is 27.3 Å². The molecular weight excluding hydrogens is 290 g/mol. The lowest BCUT2D eigenvalue weighted by Crippen LogP contribution is -2.30. The summed E-state index contributed by atoms with van der Waals surface area (Å²) in [6.07, 6.45) is 5.90. The van der Waals surface area contributed by atoms with Gasteiger partial charge in [-0.25, -0.2) is 14.5 Å². The molecule has 2 N–H and O–H groups in total. The Kier molecular flexibility index (Phi) is 4.63. The van der Waals surface area contributed by atoms with Gasteiger partial charge in [0.1, 0.15) is 0 Å². The van der Waals surface area contributed by atoms with Crippen molar-refractivity contribution in [2.75, 3.05) is 11.9 Å². The molecule has 2 amide bonds. The van der Waals surface area contributed by atoms with Crippen molar-refractivity contribution in [3.05, 3.63) is 72.7 Å². The van der Waals surface area contributed by atoms with Gasteiger partial charge in [0.15, 0.2) is 5.82 Å². The summed E-state index contributed by atoms with van der Waals surface area (Å²) in [6.45, 7) is 0.578. The van der Waals surface area contributed by atoms with Gasteiger partial charge in [0.25, 0.3) is 0 Å². The molecule has 2 aromatic heterocycles. The number of nitrogens with one attached hydrogen (secondary N) is 2. The van der Waals surface area contributed by atoms with Crippen LogP contribution in [-0.2, 0) is 6.42 Å². The zero-order chi connectivity index (χ0) is 15.9. The molecule has 0 aliphatic heterocycles. The van der Waals surface area contributed by atoms with Crippen molar-refractivity contribution >= 4 is 11.7 Å². The molecule has 0 atom stereocenters. The lowest BCUT2D eigenvalue weighted by atomic mass is 10.1. The number of carbonyl (C=O) groups is 1. The molecule has 0 radical (unpaired) electrons. The molecule has 0 unspecified atom stereocenters. The number of benzene rings is 1. The third kappa shape index (κ3) is 4.16. The van der Waals surface area contributed by atoms with Gasteiger partial charge in [-0.1, -0.05) is 30.3 Å². The molecule has 3 rings (SSSR count). The summed E-state index contributed by atoms with van der Waals surface area (Å²) in [6, 6.07) is 15.2. The first kappa shape index (κ1) is 14.8. The Morgan fingerprint density at radius 2 is 1.96 bits per heavy atom. The predicted molar refractivity (Wildman–Crippen MR) is 88.5 cm³/mol. The van der Waals surface area contributed by atoms with Gasteiger partial charge in [0.2, 0.25) is 0 Å². The summed E-state index contributed by atoms with van der Waals surface area (Å²) in [5, 5.41) is 9.69. The summed E-state index contributed by atoms with van der Waals surface area (Å²) in [7, 11) is 0. The maximum Gasteiger partial charge on any atom is 0.319 e. The normalized spacial score (nSPS) is 10.3. The summed E-state index contributed by atoms with van der Waals surface area (Å²) in [4.78, 5) is 16.1. The minimum atomic E-state index is -0.241. The molecule has 116 valence electrons. The van der Waals surface area contributed by atoms with Crippen molar-refractivity contribution < 1.29 is 4.79 Å². The molecular formula is C17H17N5O. The van der Waals surface area contributed by atoms with Crippen LogP contribution in [0.1, 0.15) is 5.56 Å². The van der Waals surface area contributed by atoms with E-state index in [1.807, 2.05) is 42.6 Å². The quantitative estimate of drug-likeness (QED) is 0.761. The molecule has 0 spiro atoms. The average molecular weight is 307 g/mol. The first-order valence-corrected chi connectivity index (χ1v) is 7.36. The SMILES string of the molecule is O=C(NCCc1ccccc1)Nc1ccc(-n2cccn2)nc1. The molecule has 0 aliphatic carbocycles. The fourth-order valence-electron chi connectivity index (χ4n) is 2.14. The molecule has 0 aliphatic rings. The number of aromatic nitrogens is 3. The van der Waals surface area contributed by atoms with Crippen LogP contribution < -0.4 is 10.6 Å². The van der Waals surface area contributed by atoms with Crippen LogP contribution in [0.15, 0.2) is 67.1 Å². The van der Waals surface area contributed by atoms with E-state index >= 15 is 0 Å². The first-order chi connectivity index (χ1) is 11.3. The average Bonchev–Trinajstić information content (AvgIpc) is 3.11. The van der Waals surface area contributed by atoms with Gasteiger partial charge in [-0.05, 0) is 30.2 Å². The Morgan fingerprint density at radius 3 is 2.65 bits per heavy atom. The highest BCUT2D eigenvalue weighted by Gasteiger charge is 2.03. The van der Waals surface area contributed by atoms with Crippen LogP contribution in [0.4, 0.5) is 10.5 Å². The number of anilines is 1. The lowest BCUT2D eigenvalue weighted by Gasteiger charge is -2.08. The second-order valence-corrected chi connectivity index (χ2v) is 4.97. The summed E-state index contributed by atoms with van der Waals surface area (Å²) in [5.41, 5.74) is 1.83. The third-order valence-corrected chi connectivity index (χ3v) is 3.29. The van der Waals surface area contributed by atoms with E-state index in [-0.39, 0.29) is 6.03 Å². The van der Waals surface area contributed by atoms with Crippen molar-refractivity contribution in [2.45, 2.75) is 6.42 Å². The zero-order valence-electron chi connectivity index (χ0n) is 12.5. The van der Waals surface area contributed by atoms with Gasteiger partial charge in [0.05, 0.1) is 11.9 Å². The zero-order valence-corrected chi connectivity index (χ0v) is 12.5. The van der Waals surface area contributed by atoms with Gasteiger partial charge in [-0.15, -0.1) is 0 Å². The molecule has 1 aromatic carbocycles. The van der Waals surface area contributed by atoms with Gasteiger partial charge in [0, 0.05) is 18.9 Å². The molecule has 3 aromatic rings. The van der Waals surface area contributed by atoms with E-state index in [9.17, 15) is 4.79 Å². The Balaban J connectivity index is 1.48.